The van der Waals surface area contributed by atoms with E-state index in [4.69, 9.17) is 15.2 Å². The van der Waals surface area contributed by atoms with E-state index in [1.165, 1.54) is 0 Å². The zero-order chi connectivity index (χ0) is 17.7. The van der Waals surface area contributed by atoms with E-state index < -0.39 is 13.6 Å². The number of benzene rings is 1. The summed E-state index contributed by atoms with van der Waals surface area (Å²) in [5.74, 6) is 4.57. The van der Waals surface area contributed by atoms with Crippen LogP contribution < -0.4 is 10.5 Å². The van der Waals surface area contributed by atoms with E-state index >= 15 is 0 Å². The third-order valence-electron chi connectivity index (χ3n) is 4.17. The Morgan fingerprint density at radius 2 is 2.00 bits per heavy atom. The molecule has 1 aromatic heterocycles. The minimum Gasteiger partial charge on any atom is -0.462 e. The van der Waals surface area contributed by atoms with E-state index in [-0.39, 0.29) is 6.02 Å². The number of nitrogens with two attached hydrogens (primary N) is 1. The van der Waals surface area contributed by atoms with Crippen molar-refractivity contribution in [2.75, 3.05) is 6.61 Å². The highest BCUT2D eigenvalue weighted by Crippen LogP contribution is 2.50. The Hall–Kier alpha value is -2.78. The minimum absolute atomic E-state index is 0.176. The second-order valence-corrected chi connectivity index (χ2v) is 12.0. The number of rotatable bonds is 0. The molecule has 5 nitrogen and oxygen atoms in total. The van der Waals surface area contributed by atoms with Crippen LogP contribution in [0.25, 0.3) is 0 Å². The van der Waals surface area contributed by atoms with Crippen molar-refractivity contribution in [1.29, 1.82) is 0 Å². The molecule has 2 aromatic rings. The highest BCUT2D eigenvalue weighted by molar-refractivity contribution is 6.83. The van der Waals surface area contributed by atoms with Crippen LogP contribution in [-0.2, 0) is 10.3 Å². The molecule has 1 aromatic carbocycles. The van der Waals surface area contributed by atoms with Gasteiger partial charge >= 0.3 is 0 Å². The van der Waals surface area contributed by atoms with Crippen molar-refractivity contribution in [3.8, 4) is 23.1 Å². The molecular weight excluding hydrogens is 330 g/mol. The van der Waals surface area contributed by atoms with Gasteiger partial charge in [-0.15, -0.1) is 5.54 Å². The van der Waals surface area contributed by atoms with E-state index in [9.17, 15) is 0 Å². The van der Waals surface area contributed by atoms with E-state index in [1.54, 1.807) is 6.20 Å². The molecule has 1 unspecified atom stereocenters. The summed E-state index contributed by atoms with van der Waals surface area (Å²) in [5, 5.41) is 0. The van der Waals surface area contributed by atoms with Gasteiger partial charge in [-0.25, -0.2) is 9.98 Å². The van der Waals surface area contributed by atoms with Gasteiger partial charge in [-0.1, -0.05) is 43.8 Å². The molecule has 4 rings (SSSR count). The number of aromatic nitrogens is 1. The predicted octanol–water partition coefficient (Wildman–Crippen LogP) is 3.00. The number of hydrogen-bond acceptors (Lipinski definition) is 5. The molecule has 6 heteroatoms. The first-order chi connectivity index (χ1) is 11.9. The Morgan fingerprint density at radius 3 is 2.72 bits per heavy atom. The van der Waals surface area contributed by atoms with Crippen molar-refractivity contribution >= 4 is 14.1 Å². The second-order valence-electron chi connectivity index (χ2n) is 7.24. The summed E-state index contributed by atoms with van der Waals surface area (Å²) in [6.45, 7) is 6.96. The molecule has 0 radical (unpaired) electrons. The fourth-order valence-corrected chi connectivity index (χ4v) is 3.62. The average Bonchev–Trinajstić information content (AvgIpc) is 2.95. The number of aliphatic imine (C=N–C) groups is 1. The normalized spacial score (nSPS) is 20.5. The Morgan fingerprint density at radius 1 is 1.20 bits per heavy atom. The molecule has 0 amide bonds. The van der Waals surface area contributed by atoms with Crippen LogP contribution >= 0.6 is 0 Å². The van der Waals surface area contributed by atoms with Gasteiger partial charge < -0.3 is 15.2 Å². The van der Waals surface area contributed by atoms with Gasteiger partial charge in [0.2, 0.25) is 5.88 Å². The van der Waals surface area contributed by atoms with Crippen LogP contribution in [0, 0.1) is 11.5 Å². The fourth-order valence-electron chi connectivity index (χ4n) is 3.11. The largest absolute Gasteiger partial charge is 0.462 e. The van der Waals surface area contributed by atoms with Crippen molar-refractivity contribution < 1.29 is 9.47 Å². The van der Waals surface area contributed by atoms with Crippen LogP contribution in [0.5, 0.6) is 11.6 Å². The van der Waals surface area contributed by atoms with Crippen molar-refractivity contribution in [2.24, 2.45) is 10.7 Å². The Labute approximate surface area is 147 Å². The standard InChI is InChI=1S/C19H19N3O2Si/c1-25(2,3)11-9-13-8-10-21-17-16(13)19(12-23-18(20)22-19)14-6-4-5-7-15(14)24-17/h4-8,10H,12H2,1-3H3,(H2,20,22). The first-order valence-corrected chi connectivity index (χ1v) is 11.7. The lowest BCUT2D eigenvalue weighted by atomic mass is 9.80. The highest BCUT2D eigenvalue weighted by Gasteiger charge is 2.48. The lowest BCUT2D eigenvalue weighted by Gasteiger charge is -2.33. The maximum atomic E-state index is 6.04. The van der Waals surface area contributed by atoms with Gasteiger partial charge in [-0.05, 0) is 12.1 Å². The van der Waals surface area contributed by atoms with E-state index in [0.717, 1.165) is 22.4 Å². The number of para-hydroxylation sites is 1. The maximum Gasteiger partial charge on any atom is 0.283 e. The number of pyridine rings is 1. The number of ether oxygens (including phenoxy) is 2. The summed E-state index contributed by atoms with van der Waals surface area (Å²) in [6.07, 6.45) is 1.72. The molecule has 0 aliphatic carbocycles. The fraction of sp³-hybridized carbons (Fsp3) is 0.263. The molecule has 0 bridgehead atoms. The molecule has 2 N–H and O–H groups in total. The van der Waals surface area contributed by atoms with Gasteiger partial charge in [0.1, 0.15) is 20.4 Å². The predicted molar refractivity (Wildman–Crippen MR) is 99.3 cm³/mol. The summed E-state index contributed by atoms with van der Waals surface area (Å²) >= 11 is 0. The van der Waals surface area contributed by atoms with E-state index in [1.807, 2.05) is 30.3 Å². The lowest BCUT2D eigenvalue weighted by Crippen LogP contribution is -2.32. The molecule has 0 fully saturated rings. The molecule has 0 saturated heterocycles. The number of amidine groups is 1. The summed E-state index contributed by atoms with van der Waals surface area (Å²) in [6, 6.07) is 9.88. The molecular formula is C19H19N3O2Si. The van der Waals surface area contributed by atoms with E-state index in [2.05, 4.69) is 41.1 Å². The monoisotopic (exact) mass is 349 g/mol. The summed E-state index contributed by atoms with van der Waals surface area (Å²) in [7, 11) is -1.54. The van der Waals surface area contributed by atoms with Crippen LogP contribution in [0.1, 0.15) is 16.7 Å². The van der Waals surface area contributed by atoms with Gasteiger partial charge in [0.25, 0.3) is 6.02 Å². The molecule has 3 heterocycles. The van der Waals surface area contributed by atoms with Crippen LogP contribution in [0.4, 0.5) is 0 Å². The second kappa shape index (κ2) is 5.36. The maximum absolute atomic E-state index is 6.04. The topological polar surface area (TPSA) is 69.7 Å². The number of hydrogen-bond donors (Lipinski definition) is 1. The molecule has 126 valence electrons. The molecule has 2 aliphatic heterocycles. The highest BCUT2D eigenvalue weighted by atomic mass is 28.3. The Kier molecular flexibility index (Phi) is 3.37. The number of nitrogens with zero attached hydrogens (tertiary/aromatic N) is 2. The Bertz CT molecular complexity index is 953. The van der Waals surface area contributed by atoms with Crippen LogP contribution in [0.3, 0.4) is 0 Å². The molecule has 0 saturated carbocycles. The lowest BCUT2D eigenvalue weighted by molar-refractivity contribution is 0.262. The zero-order valence-electron chi connectivity index (χ0n) is 14.5. The smallest absolute Gasteiger partial charge is 0.283 e. The quantitative estimate of drug-likeness (QED) is 0.586. The van der Waals surface area contributed by atoms with Crippen LogP contribution in [0.2, 0.25) is 19.6 Å². The summed E-state index contributed by atoms with van der Waals surface area (Å²) in [4.78, 5) is 9.09. The first-order valence-electron chi connectivity index (χ1n) is 8.17. The van der Waals surface area contributed by atoms with Gasteiger partial charge in [0.05, 0.1) is 5.56 Å². The summed E-state index contributed by atoms with van der Waals surface area (Å²) < 4.78 is 11.6. The Balaban J connectivity index is 1.99. The average molecular weight is 349 g/mol. The summed E-state index contributed by atoms with van der Waals surface area (Å²) in [5.41, 5.74) is 11.2. The SMILES string of the molecule is C[Si](C)(C)C#Cc1ccnc2c1C1(COC(N)=N1)c1ccccc1O2. The molecule has 2 aliphatic rings. The first kappa shape index (κ1) is 15.7. The van der Waals surface area contributed by atoms with Gasteiger partial charge in [0.15, 0.2) is 5.54 Å². The molecule has 1 spiro atoms. The van der Waals surface area contributed by atoms with Gasteiger partial charge in [0, 0.05) is 17.3 Å². The van der Waals surface area contributed by atoms with Crippen molar-refractivity contribution in [3.63, 3.8) is 0 Å². The van der Waals surface area contributed by atoms with Gasteiger partial charge in [-0.2, -0.15) is 0 Å². The van der Waals surface area contributed by atoms with Crippen molar-refractivity contribution in [1.82, 2.24) is 4.98 Å². The molecule has 25 heavy (non-hydrogen) atoms. The minimum atomic E-state index is -1.54. The molecule has 1 atom stereocenters. The van der Waals surface area contributed by atoms with Crippen LogP contribution in [0.15, 0.2) is 41.5 Å². The van der Waals surface area contributed by atoms with Crippen molar-refractivity contribution in [2.45, 2.75) is 25.2 Å². The van der Waals surface area contributed by atoms with Crippen molar-refractivity contribution in [3.05, 3.63) is 53.2 Å². The van der Waals surface area contributed by atoms with Crippen LogP contribution in [-0.4, -0.2) is 25.7 Å². The van der Waals surface area contributed by atoms with E-state index in [0.29, 0.717) is 12.5 Å². The third-order valence-corrected chi connectivity index (χ3v) is 5.05. The zero-order valence-corrected chi connectivity index (χ0v) is 15.5. The van der Waals surface area contributed by atoms with Gasteiger partial charge in [-0.3, -0.25) is 0 Å². The number of fused-ring (bicyclic) bond motifs is 4. The third kappa shape index (κ3) is 2.57.